The monoisotopic (exact) mass is 350 g/mol. The summed E-state index contributed by atoms with van der Waals surface area (Å²) in [6, 6.07) is 3.32. The number of nitrogens with zero attached hydrogens (tertiary/aromatic N) is 4. The predicted molar refractivity (Wildman–Crippen MR) is 91.0 cm³/mol. The van der Waals surface area contributed by atoms with E-state index in [4.69, 9.17) is 23.2 Å². The number of aromatic nitrogens is 4. The van der Waals surface area contributed by atoms with Gasteiger partial charge in [0, 0.05) is 5.22 Å². The van der Waals surface area contributed by atoms with Crippen LogP contribution in [0.25, 0.3) is 11.7 Å². The second-order valence-corrected chi connectivity index (χ2v) is 6.72. The van der Waals surface area contributed by atoms with Crippen LogP contribution in [0.5, 0.6) is 5.75 Å². The van der Waals surface area contributed by atoms with Crippen LogP contribution in [0.3, 0.4) is 0 Å². The lowest BCUT2D eigenvalue weighted by Gasteiger charge is -2.02. The van der Waals surface area contributed by atoms with Crippen LogP contribution in [-0.4, -0.2) is 24.9 Å². The van der Waals surface area contributed by atoms with E-state index in [0.29, 0.717) is 17.4 Å². The van der Waals surface area contributed by atoms with Crippen molar-refractivity contribution in [3.8, 4) is 5.75 Å². The summed E-state index contributed by atoms with van der Waals surface area (Å²) in [5, 5.41) is 19.8. The van der Waals surface area contributed by atoms with Crippen LogP contribution in [0, 0.1) is 12.8 Å². The third kappa shape index (κ3) is 3.12. The predicted octanol–water partition coefficient (Wildman–Crippen LogP) is 3.19. The number of benzene rings is 1. The minimum Gasteiger partial charge on any atom is -0.505 e. The number of rotatable bonds is 3. The Balaban J connectivity index is 2.24. The minimum atomic E-state index is -0.114. The number of phenolic OH excluding ortho intramolecular Hbond substituents is 1. The SMILES string of the molecule is Cc1nc2/c(=C/c3cc(Cl)c(O)c(Cl)c3)c(CC(C)C)nn2n1. The quantitative estimate of drug-likeness (QED) is 0.787. The molecule has 0 spiro atoms. The average Bonchev–Trinajstić information content (AvgIpc) is 2.93. The lowest BCUT2D eigenvalue weighted by Crippen LogP contribution is -2.10. The Morgan fingerprint density at radius 1 is 1.22 bits per heavy atom. The number of hydrogen-bond acceptors (Lipinski definition) is 4. The molecule has 2 aromatic heterocycles. The van der Waals surface area contributed by atoms with E-state index in [9.17, 15) is 5.11 Å². The van der Waals surface area contributed by atoms with Gasteiger partial charge in [0.1, 0.15) is 5.82 Å². The summed E-state index contributed by atoms with van der Waals surface area (Å²) in [5.74, 6) is 1.01. The molecular weight excluding hydrogens is 335 g/mol. The van der Waals surface area contributed by atoms with Gasteiger partial charge in [-0.1, -0.05) is 37.0 Å². The molecule has 0 amide bonds. The third-order valence-corrected chi connectivity index (χ3v) is 3.99. The molecule has 0 saturated carbocycles. The van der Waals surface area contributed by atoms with Crippen LogP contribution in [0.2, 0.25) is 10.0 Å². The van der Waals surface area contributed by atoms with Gasteiger partial charge in [-0.25, -0.2) is 4.98 Å². The zero-order chi connectivity index (χ0) is 16.7. The Hall–Kier alpha value is -1.85. The lowest BCUT2D eigenvalue weighted by atomic mass is 10.1. The highest BCUT2D eigenvalue weighted by Crippen LogP contribution is 2.32. The van der Waals surface area contributed by atoms with Crippen molar-refractivity contribution in [2.45, 2.75) is 27.2 Å². The summed E-state index contributed by atoms with van der Waals surface area (Å²) < 4.78 is 1.56. The molecule has 1 N–H and O–H groups in total. The fourth-order valence-electron chi connectivity index (χ4n) is 2.46. The molecule has 1 aromatic carbocycles. The van der Waals surface area contributed by atoms with Crippen molar-refractivity contribution in [2.75, 3.05) is 0 Å². The summed E-state index contributed by atoms with van der Waals surface area (Å²) in [4.78, 5) is 4.44. The number of aryl methyl sites for hydroxylation is 1. The average molecular weight is 351 g/mol. The van der Waals surface area contributed by atoms with Crippen molar-refractivity contribution in [1.29, 1.82) is 0 Å². The Morgan fingerprint density at radius 3 is 2.48 bits per heavy atom. The van der Waals surface area contributed by atoms with Crippen LogP contribution < -0.4 is 5.22 Å². The molecule has 7 heteroatoms. The molecule has 23 heavy (non-hydrogen) atoms. The summed E-state index contributed by atoms with van der Waals surface area (Å²) >= 11 is 12.0. The largest absolute Gasteiger partial charge is 0.505 e. The Kier molecular flexibility index (Phi) is 4.17. The fourth-order valence-corrected chi connectivity index (χ4v) is 2.96. The Bertz CT molecular complexity index is 910. The summed E-state index contributed by atoms with van der Waals surface area (Å²) in [7, 11) is 0. The van der Waals surface area contributed by atoms with E-state index >= 15 is 0 Å². The highest BCUT2D eigenvalue weighted by Gasteiger charge is 2.13. The van der Waals surface area contributed by atoms with Gasteiger partial charge in [0.05, 0.1) is 15.7 Å². The second kappa shape index (κ2) is 5.98. The van der Waals surface area contributed by atoms with Crippen molar-refractivity contribution in [3.05, 3.63) is 44.5 Å². The second-order valence-electron chi connectivity index (χ2n) is 5.91. The van der Waals surface area contributed by atoms with Gasteiger partial charge in [-0.3, -0.25) is 0 Å². The number of hydrogen-bond donors (Lipinski definition) is 1. The van der Waals surface area contributed by atoms with E-state index in [0.717, 1.165) is 22.9 Å². The first-order valence-electron chi connectivity index (χ1n) is 7.27. The van der Waals surface area contributed by atoms with Crippen LogP contribution in [0.1, 0.15) is 30.9 Å². The van der Waals surface area contributed by atoms with Crippen LogP contribution in [0.15, 0.2) is 12.1 Å². The number of halogens is 2. The van der Waals surface area contributed by atoms with Crippen LogP contribution in [-0.2, 0) is 6.42 Å². The van der Waals surface area contributed by atoms with Crippen LogP contribution >= 0.6 is 23.2 Å². The smallest absolute Gasteiger partial charge is 0.185 e. The summed E-state index contributed by atoms with van der Waals surface area (Å²) in [6.07, 6.45) is 2.74. The third-order valence-electron chi connectivity index (χ3n) is 3.42. The van der Waals surface area contributed by atoms with E-state index < -0.39 is 0 Å². The highest BCUT2D eigenvalue weighted by molar-refractivity contribution is 6.37. The molecule has 5 nitrogen and oxygen atoms in total. The van der Waals surface area contributed by atoms with Crippen molar-refractivity contribution >= 4 is 34.9 Å². The first-order chi connectivity index (χ1) is 10.8. The number of aromatic hydroxyl groups is 1. The van der Waals surface area contributed by atoms with Crippen molar-refractivity contribution in [3.63, 3.8) is 0 Å². The van der Waals surface area contributed by atoms with E-state index in [2.05, 4.69) is 29.0 Å². The standard InChI is InChI=1S/C16H16Cl2N4O/c1-8(2)4-14-11(16-19-9(3)20-22(16)21-14)5-10-6-12(17)15(23)13(18)7-10/h5-8,23H,4H2,1-3H3/b11-5+. The molecule has 0 aliphatic heterocycles. The van der Waals surface area contributed by atoms with Crippen molar-refractivity contribution < 1.29 is 5.11 Å². The molecule has 3 rings (SSSR count). The maximum Gasteiger partial charge on any atom is 0.185 e. The maximum atomic E-state index is 9.69. The van der Waals surface area contributed by atoms with E-state index in [-0.39, 0.29) is 15.8 Å². The Labute approximate surface area is 143 Å². The van der Waals surface area contributed by atoms with Gasteiger partial charge in [-0.15, -0.1) is 9.73 Å². The van der Waals surface area contributed by atoms with Crippen molar-refractivity contribution in [2.24, 2.45) is 5.92 Å². The topological polar surface area (TPSA) is 63.3 Å². The zero-order valence-corrected chi connectivity index (χ0v) is 14.5. The number of fused-ring (bicyclic) bond motifs is 1. The zero-order valence-electron chi connectivity index (χ0n) is 13.0. The van der Waals surface area contributed by atoms with Crippen LogP contribution in [0.4, 0.5) is 0 Å². The molecule has 2 heterocycles. The van der Waals surface area contributed by atoms with E-state index in [1.54, 1.807) is 16.8 Å². The van der Waals surface area contributed by atoms with Gasteiger partial charge >= 0.3 is 0 Å². The molecule has 0 bridgehead atoms. The summed E-state index contributed by atoms with van der Waals surface area (Å²) in [5.41, 5.74) is 2.41. The normalized spacial score (nSPS) is 12.7. The van der Waals surface area contributed by atoms with Gasteiger partial charge in [-0.05, 0) is 43.0 Å². The lowest BCUT2D eigenvalue weighted by molar-refractivity contribution is 0.476. The van der Waals surface area contributed by atoms with Gasteiger partial charge < -0.3 is 5.11 Å². The van der Waals surface area contributed by atoms with Gasteiger partial charge in [0.15, 0.2) is 11.4 Å². The molecular formula is C16H16Cl2N4O. The molecule has 0 aliphatic carbocycles. The molecule has 0 atom stereocenters. The molecule has 0 aliphatic rings. The minimum absolute atomic E-state index is 0.114. The molecule has 0 unspecified atom stereocenters. The highest BCUT2D eigenvalue weighted by atomic mass is 35.5. The molecule has 0 radical (unpaired) electrons. The molecule has 0 fully saturated rings. The first-order valence-corrected chi connectivity index (χ1v) is 8.02. The van der Waals surface area contributed by atoms with Gasteiger partial charge in [0.25, 0.3) is 0 Å². The number of phenols is 1. The maximum absolute atomic E-state index is 9.69. The summed E-state index contributed by atoms with van der Waals surface area (Å²) in [6.45, 7) is 6.09. The fraction of sp³-hybridized carbons (Fsp3) is 0.312. The van der Waals surface area contributed by atoms with Crippen molar-refractivity contribution in [1.82, 2.24) is 19.8 Å². The van der Waals surface area contributed by atoms with E-state index in [1.807, 2.05) is 13.0 Å². The molecule has 3 aromatic rings. The molecule has 0 saturated heterocycles. The van der Waals surface area contributed by atoms with Gasteiger partial charge in [-0.2, -0.15) is 5.10 Å². The van der Waals surface area contributed by atoms with E-state index in [1.165, 1.54) is 0 Å². The van der Waals surface area contributed by atoms with Gasteiger partial charge in [0.2, 0.25) is 0 Å². The Morgan fingerprint density at radius 2 is 1.87 bits per heavy atom. The molecule has 120 valence electrons. The first kappa shape index (κ1) is 16.0.